The fourth-order valence-corrected chi connectivity index (χ4v) is 9.74. The van der Waals surface area contributed by atoms with Crippen LogP contribution in [-0.2, 0) is 31.0 Å². The second kappa shape index (κ2) is 20.4. The molecule has 0 amide bonds. The number of fused-ring (bicyclic) bond motifs is 10. The van der Waals surface area contributed by atoms with Crippen molar-refractivity contribution in [2.45, 2.75) is 142 Å². The fourth-order valence-electron chi connectivity index (χ4n) is 9.10. The van der Waals surface area contributed by atoms with E-state index in [0.29, 0.717) is 72.3 Å². The molecule has 0 atom stereocenters. The van der Waals surface area contributed by atoms with Crippen LogP contribution >= 0.6 is 15.9 Å². The first-order chi connectivity index (χ1) is 32.5. The summed E-state index contributed by atoms with van der Waals surface area (Å²) in [4.78, 5) is 19.2. The third kappa shape index (κ3) is 9.44. The molecular formula is C48H56BrN14NaO4. The molecule has 8 aromatic rings. The standard InChI is InChI=1S/C24H27N7O2.C19H19N7O2.C5H9Br.Na.H/c1-14(2)24-26-22(29-33-24)21-19-11-30-20(12-32-16-6-4-5-7-16)27-28-23(30)17-10-15(3)8-9-18(17)31(19)13-25-21;1-10(2)19-21-17(24-28-19)16-14-7-25-15(8-27)22-23-18(25)12-6-11(3)4-5-13(12)26(14)9-20-16;6-5-3-1-2-4-5;;/h8-10,13-14,16H,4-7,11-12H2,1-3H3;4-6,9-10,27H,7-8H2,1-3H3;5H,1-4H2;;/q;;;+1;-1. The van der Waals surface area contributed by atoms with Gasteiger partial charge in [-0.1, -0.05) is 103 Å². The van der Waals surface area contributed by atoms with E-state index < -0.39 is 0 Å². The first-order valence-electron chi connectivity index (χ1n) is 23.3. The van der Waals surface area contributed by atoms with Crippen LogP contribution in [0.5, 0.6) is 0 Å². The van der Waals surface area contributed by atoms with Gasteiger partial charge in [0, 0.05) is 27.8 Å². The van der Waals surface area contributed by atoms with Crippen LogP contribution in [0.15, 0.2) is 58.1 Å². The minimum absolute atomic E-state index is 0. The Bertz CT molecular complexity index is 3030. The predicted octanol–water partition coefficient (Wildman–Crippen LogP) is 6.34. The van der Waals surface area contributed by atoms with Crippen LogP contribution in [0.4, 0.5) is 0 Å². The maximum Gasteiger partial charge on any atom is 1.00 e. The summed E-state index contributed by atoms with van der Waals surface area (Å²) in [5, 5.41) is 35.7. The summed E-state index contributed by atoms with van der Waals surface area (Å²) >= 11 is 3.54. The number of imidazole rings is 2. The van der Waals surface area contributed by atoms with Gasteiger partial charge in [-0.05, 0) is 63.8 Å². The Morgan fingerprint density at radius 1 is 0.691 bits per heavy atom. The van der Waals surface area contributed by atoms with E-state index in [1.54, 1.807) is 6.33 Å². The van der Waals surface area contributed by atoms with E-state index in [1.807, 2.05) is 62.2 Å². The van der Waals surface area contributed by atoms with E-state index in [-0.39, 0.29) is 49.4 Å². The predicted molar refractivity (Wildman–Crippen MR) is 253 cm³/mol. The van der Waals surface area contributed by atoms with Crippen LogP contribution in [-0.4, -0.2) is 85.0 Å². The number of aliphatic hydroxyl groups excluding tert-OH is 1. The molecule has 2 aliphatic heterocycles. The molecule has 8 heterocycles. The van der Waals surface area contributed by atoms with Gasteiger partial charge in [-0.25, -0.2) is 9.97 Å². The molecular weight excluding hydrogens is 940 g/mol. The molecule has 20 heteroatoms. The van der Waals surface area contributed by atoms with E-state index >= 15 is 0 Å². The number of aryl methyl sites for hydroxylation is 2. The summed E-state index contributed by atoms with van der Waals surface area (Å²) in [6.45, 7) is 13.4. The van der Waals surface area contributed by atoms with E-state index in [1.165, 1.54) is 38.5 Å². The molecule has 350 valence electrons. The average Bonchev–Trinajstić information content (AvgIpc) is 4.18. The Labute approximate surface area is 426 Å². The third-order valence-corrected chi connectivity index (χ3v) is 13.7. The first-order valence-corrected chi connectivity index (χ1v) is 24.2. The smallest absolute Gasteiger partial charge is 1.00 e. The van der Waals surface area contributed by atoms with Crippen molar-refractivity contribution in [3.05, 3.63) is 95.0 Å². The number of benzene rings is 2. The molecule has 2 fully saturated rings. The monoisotopic (exact) mass is 994 g/mol. The number of rotatable bonds is 8. The molecule has 68 heavy (non-hydrogen) atoms. The molecule has 0 unspecified atom stereocenters. The molecule has 4 aliphatic rings. The van der Waals surface area contributed by atoms with Crippen molar-refractivity contribution in [2.24, 2.45) is 0 Å². The van der Waals surface area contributed by atoms with Gasteiger partial charge in [0.2, 0.25) is 23.4 Å². The zero-order chi connectivity index (χ0) is 46.3. The molecule has 0 spiro atoms. The Balaban J connectivity index is 0.000000163. The number of hydrogen-bond acceptors (Lipinski definition) is 14. The number of aliphatic hydroxyl groups is 1. The summed E-state index contributed by atoms with van der Waals surface area (Å²) in [5.74, 6) is 5.29. The number of alkyl halides is 1. The van der Waals surface area contributed by atoms with Crippen LogP contribution in [0.25, 0.3) is 57.2 Å². The second-order valence-electron chi connectivity index (χ2n) is 18.4. The van der Waals surface area contributed by atoms with Crippen LogP contribution < -0.4 is 29.6 Å². The number of halogens is 1. The van der Waals surface area contributed by atoms with E-state index in [9.17, 15) is 5.11 Å². The average molecular weight is 996 g/mol. The van der Waals surface area contributed by atoms with Gasteiger partial charge in [0.15, 0.2) is 23.3 Å². The van der Waals surface area contributed by atoms with Crippen LogP contribution in [0, 0.1) is 13.8 Å². The van der Waals surface area contributed by atoms with Gasteiger partial charge in [0.25, 0.3) is 0 Å². The second-order valence-corrected chi connectivity index (χ2v) is 19.7. The van der Waals surface area contributed by atoms with E-state index in [4.69, 9.17) is 18.8 Å². The molecule has 12 rings (SSSR count). The van der Waals surface area contributed by atoms with E-state index in [0.717, 1.165) is 74.3 Å². The molecule has 2 aliphatic carbocycles. The van der Waals surface area contributed by atoms with Crippen LogP contribution in [0.3, 0.4) is 0 Å². The SMILES string of the molecule is BrC1CCCC1.Cc1ccc2c(c1)-c1nnc(CO)n1Cc1c(-c3noc(C(C)C)n3)ncn1-2.Cc1ccc2c(c1)-c1nnc(COC3CCCC3)n1Cc1c(-c3noc(C(C)C)n3)ncn1-2.[H-].[Na+]. The van der Waals surface area contributed by atoms with Crippen molar-refractivity contribution in [1.82, 2.24) is 68.9 Å². The summed E-state index contributed by atoms with van der Waals surface area (Å²) in [7, 11) is 0. The van der Waals surface area contributed by atoms with Crippen molar-refractivity contribution in [3.63, 3.8) is 0 Å². The molecule has 1 N–H and O–H groups in total. The largest absolute Gasteiger partial charge is 1.00 e. The number of aromatic nitrogens is 14. The molecule has 0 bridgehead atoms. The topological polar surface area (TPSA) is 204 Å². The zero-order valence-corrected chi connectivity index (χ0v) is 43.3. The van der Waals surface area contributed by atoms with Crippen molar-refractivity contribution >= 4 is 15.9 Å². The normalized spacial score (nSPS) is 15.0. The maximum atomic E-state index is 9.74. The van der Waals surface area contributed by atoms with Crippen LogP contribution in [0.2, 0.25) is 0 Å². The molecule has 6 aromatic heterocycles. The van der Waals surface area contributed by atoms with Crippen molar-refractivity contribution in [3.8, 4) is 57.2 Å². The molecule has 0 saturated heterocycles. The summed E-state index contributed by atoms with van der Waals surface area (Å²) in [5.41, 5.74) is 9.40. The quantitative estimate of drug-likeness (QED) is 0.130. The van der Waals surface area contributed by atoms with E-state index in [2.05, 4.69) is 102 Å². The summed E-state index contributed by atoms with van der Waals surface area (Å²) in [6.07, 6.45) is 14.3. The van der Waals surface area contributed by atoms with Crippen molar-refractivity contribution in [2.75, 3.05) is 0 Å². The van der Waals surface area contributed by atoms with Gasteiger partial charge in [-0.3, -0.25) is 9.13 Å². The first kappa shape index (κ1) is 47.9. The van der Waals surface area contributed by atoms with Gasteiger partial charge in [-0.15, -0.1) is 20.4 Å². The molecule has 0 radical (unpaired) electrons. The van der Waals surface area contributed by atoms with Crippen molar-refractivity contribution in [1.29, 1.82) is 0 Å². The number of hydrogen-bond donors (Lipinski definition) is 1. The zero-order valence-electron chi connectivity index (χ0n) is 40.7. The van der Waals surface area contributed by atoms with Gasteiger partial charge < -0.3 is 29.5 Å². The number of nitrogens with zero attached hydrogens (tertiary/aromatic N) is 14. The van der Waals surface area contributed by atoms with Gasteiger partial charge in [0.1, 0.15) is 37.3 Å². The minimum atomic E-state index is -0.197. The maximum absolute atomic E-state index is 9.74. The fraction of sp³-hybridized carbons (Fsp3) is 0.458. The van der Waals surface area contributed by atoms with Crippen LogP contribution in [0.1, 0.15) is 138 Å². The van der Waals surface area contributed by atoms with Crippen molar-refractivity contribution < 1.29 is 49.9 Å². The minimum Gasteiger partial charge on any atom is -1.00 e. The molecule has 2 aromatic carbocycles. The van der Waals surface area contributed by atoms with Gasteiger partial charge in [-0.2, -0.15) is 9.97 Å². The third-order valence-electron chi connectivity index (χ3n) is 12.8. The summed E-state index contributed by atoms with van der Waals surface area (Å²) in [6, 6.07) is 12.5. The Morgan fingerprint density at radius 2 is 1.16 bits per heavy atom. The Morgan fingerprint density at radius 3 is 1.60 bits per heavy atom. The molecule has 18 nitrogen and oxygen atoms in total. The molecule has 2 saturated carbocycles. The Hall–Kier alpha value is -5.18. The number of ether oxygens (including phenoxy) is 1. The summed E-state index contributed by atoms with van der Waals surface area (Å²) < 4.78 is 25.2. The van der Waals surface area contributed by atoms with Gasteiger partial charge >= 0.3 is 29.6 Å². The van der Waals surface area contributed by atoms with Gasteiger partial charge in [0.05, 0.1) is 42.0 Å². The Kier molecular flexibility index (Phi) is 14.4.